The van der Waals surface area contributed by atoms with Crippen molar-refractivity contribution in [3.8, 4) is 0 Å². The Bertz CT molecular complexity index is 622. The summed E-state index contributed by atoms with van der Waals surface area (Å²) < 4.78 is 1.26. The number of amides is 1. The first-order chi connectivity index (χ1) is 11.3. The van der Waals surface area contributed by atoms with Crippen LogP contribution in [0.15, 0.2) is 24.3 Å². The van der Waals surface area contributed by atoms with Crippen LogP contribution in [0.1, 0.15) is 43.5 Å². The van der Waals surface area contributed by atoms with Gasteiger partial charge >= 0.3 is 0 Å². The third-order valence-electron chi connectivity index (χ3n) is 4.38. The Kier molecular flexibility index (Phi) is 5.62. The number of para-hydroxylation sites is 1. The Labute approximate surface area is 141 Å². The van der Waals surface area contributed by atoms with Gasteiger partial charge in [0, 0.05) is 19.0 Å². The van der Waals surface area contributed by atoms with Gasteiger partial charge in [0.05, 0.1) is 21.8 Å². The Hall–Kier alpha value is -1.46. The number of thiazole rings is 1. The van der Waals surface area contributed by atoms with Crippen molar-refractivity contribution in [2.75, 3.05) is 26.2 Å². The minimum Gasteiger partial charge on any atom is -0.355 e. The Morgan fingerprint density at radius 2 is 2.30 bits per heavy atom. The van der Waals surface area contributed by atoms with Gasteiger partial charge in [-0.25, -0.2) is 4.98 Å². The number of aromatic nitrogens is 1. The van der Waals surface area contributed by atoms with Crippen molar-refractivity contribution in [2.24, 2.45) is 0 Å². The maximum Gasteiger partial charge on any atom is 0.234 e. The number of rotatable bonds is 6. The second-order valence-corrected chi connectivity index (χ2v) is 7.36. The SMILES string of the molecule is CCCCNC(=O)CN1CCC[C@H](c2nc3ccccc3s2)C1. The highest BCUT2D eigenvalue weighted by atomic mass is 32.1. The minimum absolute atomic E-state index is 0.156. The summed E-state index contributed by atoms with van der Waals surface area (Å²) in [6, 6.07) is 8.33. The van der Waals surface area contributed by atoms with Gasteiger partial charge in [-0.05, 0) is 37.9 Å². The van der Waals surface area contributed by atoms with Crippen molar-refractivity contribution >= 4 is 27.5 Å². The molecule has 0 radical (unpaired) electrons. The van der Waals surface area contributed by atoms with Gasteiger partial charge in [0.15, 0.2) is 0 Å². The molecule has 23 heavy (non-hydrogen) atoms. The average molecular weight is 331 g/mol. The molecule has 1 aliphatic heterocycles. The zero-order valence-electron chi connectivity index (χ0n) is 13.8. The van der Waals surface area contributed by atoms with Crippen molar-refractivity contribution in [1.29, 1.82) is 0 Å². The molecular weight excluding hydrogens is 306 g/mol. The Balaban J connectivity index is 1.58. The van der Waals surface area contributed by atoms with Crippen LogP contribution in [0, 0.1) is 0 Å². The van der Waals surface area contributed by atoms with E-state index in [0.717, 1.165) is 44.4 Å². The van der Waals surface area contributed by atoms with E-state index in [1.165, 1.54) is 16.1 Å². The van der Waals surface area contributed by atoms with E-state index < -0.39 is 0 Å². The number of fused-ring (bicyclic) bond motifs is 1. The maximum absolute atomic E-state index is 12.0. The smallest absolute Gasteiger partial charge is 0.234 e. The standard InChI is InChI=1S/C18H25N3OS/c1-2-3-10-19-17(22)13-21-11-6-7-14(12-21)18-20-15-8-4-5-9-16(15)23-18/h4-5,8-9,14H,2-3,6-7,10-13H2,1H3,(H,19,22)/t14-/m0/s1. The lowest BCUT2D eigenvalue weighted by molar-refractivity contribution is -0.122. The maximum atomic E-state index is 12.0. The molecule has 1 N–H and O–H groups in total. The number of unbranched alkanes of at least 4 members (excludes halogenated alkanes) is 1. The molecule has 1 amide bonds. The molecule has 124 valence electrons. The van der Waals surface area contributed by atoms with E-state index in [-0.39, 0.29) is 5.91 Å². The number of carbonyl (C=O) groups excluding carboxylic acids is 1. The molecule has 1 saturated heterocycles. The van der Waals surface area contributed by atoms with Gasteiger partial charge in [0.1, 0.15) is 0 Å². The number of piperidine rings is 1. The highest BCUT2D eigenvalue weighted by Gasteiger charge is 2.25. The summed E-state index contributed by atoms with van der Waals surface area (Å²) in [5.74, 6) is 0.619. The molecule has 0 saturated carbocycles. The number of likely N-dealkylation sites (tertiary alicyclic amines) is 1. The molecule has 0 unspecified atom stereocenters. The summed E-state index contributed by atoms with van der Waals surface area (Å²) in [4.78, 5) is 19.1. The van der Waals surface area contributed by atoms with Crippen LogP contribution >= 0.6 is 11.3 Å². The van der Waals surface area contributed by atoms with Gasteiger partial charge in [-0.15, -0.1) is 11.3 Å². The summed E-state index contributed by atoms with van der Waals surface area (Å²) >= 11 is 1.80. The highest BCUT2D eigenvalue weighted by Crippen LogP contribution is 2.32. The number of hydrogen-bond acceptors (Lipinski definition) is 4. The number of benzene rings is 1. The zero-order chi connectivity index (χ0) is 16.1. The van der Waals surface area contributed by atoms with Gasteiger partial charge in [0.25, 0.3) is 0 Å². The van der Waals surface area contributed by atoms with Crippen LogP contribution in [0.2, 0.25) is 0 Å². The quantitative estimate of drug-likeness (QED) is 0.825. The monoisotopic (exact) mass is 331 g/mol. The fourth-order valence-corrected chi connectivity index (χ4v) is 4.22. The predicted molar refractivity (Wildman–Crippen MR) is 96.0 cm³/mol. The van der Waals surface area contributed by atoms with Crippen LogP contribution in [0.3, 0.4) is 0 Å². The lowest BCUT2D eigenvalue weighted by Crippen LogP contribution is -2.42. The molecule has 1 aromatic heterocycles. The van der Waals surface area contributed by atoms with E-state index >= 15 is 0 Å². The summed E-state index contributed by atoms with van der Waals surface area (Å²) in [7, 11) is 0. The summed E-state index contributed by atoms with van der Waals surface area (Å²) in [6.45, 7) is 5.42. The lowest BCUT2D eigenvalue weighted by Gasteiger charge is -2.31. The van der Waals surface area contributed by atoms with Crippen LogP contribution in [-0.2, 0) is 4.79 Å². The van der Waals surface area contributed by atoms with Gasteiger partial charge in [-0.1, -0.05) is 25.5 Å². The van der Waals surface area contributed by atoms with Gasteiger partial charge in [0.2, 0.25) is 5.91 Å². The first-order valence-electron chi connectivity index (χ1n) is 8.61. The molecule has 0 aliphatic carbocycles. The largest absolute Gasteiger partial charge is 0.355 e. The van der Waals surface area contributed by atoms with E-state index in [2.05, 4.69) is 35.3 Å². The number of nitrogens with one attached hydrogen (secondary N) is 1. The van der Waals surface area contributed by atoms with Crippen molar-refractivity contribution in [3.05, 3.63) is 29.3 Å². The van der Waals surface area contributed by atoms with Crippen molar-refractivity contribution in [2.45, 2.75) is 38.5 Å². The molecule has 2 aromatic rings. The van der Waals surface area contributed by atoms with Crippen LogP contribution in [0.25, 0.3) is 10.2 Å². The minimum atomic E-state index is 0.156. The molecule has 1 aliphatic rings. The van der Waals surface area contributed by atoms with Crippen LogP contribution in [0.4, 0.5) is 0 Å². The first-order valence-corrected chi connectivity index (χ1v) is 9.42. The van der Waals surface area contributed by atoms with Crippen molar-refractivity contribution < 1.29 is 4.79 Å². The van der Waals surface area contributed by atoms with Crippen molar-refractivity contribution in [3.63, 3.8) is 0 Å². The first kappa shape index (κ1) is 16.4. The van der Waals surface area contributed by atoms with E-state index in [9.17, 15) is 4.79 Å². The normalized spacial score (nSPS) is 19.1. The van der Waals surface area contributed by atoms with Gasteiger partial charge < -0.3 is 5.32 Å². The molecule has 0 bridgehead atoms. The molecule has 2 heterocycles. The molecule has 1 atom stereocenters. The fraction of sp³-hybridized carbons (Fsp3) is 0.556. The molecule has 3 rings (SSSR count). The second-order valence-electron chi connectivity index (χ2n) is 6.30. The molecule has 4 nitrogen and oxygen atoms in total. The van der Waals surface area contributed by atoms with E-state index in [4.69, 9.17) is 4.98 Å². The number of hydrogen-bond donors (Lipinski definition) is 1. The number of carbonyl (C=O) groups is 1. The third-order valence-corrected chi connectivity index (χ3v) is 5.58. The highest BCUT2D eigenvalue weighted by molar-refractivity contribution is 7.18. The van der Waals surface area contributed by atoms with Crippen molar-refractivity contribution in [1.82, 2.24) is 15.2 Å². The third kappa shape index (κ3) is 4.30. The van der Waals surface area contributed by atoms with E-state index in [0.29, 0.717) is 12.5 Å². The Morgan fingerprint density at radius 3 is 3.13 bits per heavy atom. The molecule has 1 aromatic carbocycles. The number of nitrogens with zero attached hydrogens (tertiary/aromatic N) is 2. The summed E-state index contributed by atoms with van der Waals surface area (Å²) in [5, 5.41) is 4.24. The van der Waals surface area contributed by atoms with Gasteiger partial charge in [-0.3, -0.25) is 9.69 Å². The molecule has 0 spiro atoms. The van der Waals surface area contributed by atoms with E-state index in [1.807, 2.05) is 6.07 Å². The average Bonchev–Trinajstić information content (AvgIpc) is 2.99. The van der Waals surface area contributed by atoms with Gasteiger partial charge in [-0.2, -0.15) is 0 Å². The van der Waals surface area contributed by atoms with Crippen LogP contribution in [0.5, 0.6) is 0 Å². The predicted octanol–water partition coefficient (Wildman–Crippen LogP) is 3.39. The fourth-order valence-electron chi connectivity index (χ4n) is 3.13. The van der Waals surface area contributed by atoms with Crippen LogP contribution < -0.4 is 5.32 Å². The lowest BCUT2D eigenvalue weighted by atomic mass is 9.99. The molecule has 1 fully saturated rings. The van der Waals surface area contributed by atoms with E-state index in [1.54, 1.807) is 11.3 Å². The van der Waals surface area contributed by atoms with Crippen LogP contribution in [-0.4, -0.2) is 42.0 Å². The summed E-state index contributed by atoms with van der Waals surface area (Å²) in [6.07, 6.45) is 4.49. The second kappa shape index (κ2) is 7.88. The zero-order valence-corrected chi connectivity index (χ0v) is 14.6. The topological polar surface area (TPSA) is 45.2 Å². The Morgan fingerprint density at radius 1 is 1.43 bits per heavy atom. The summed E-state index contributed by atoms with van der Waals surface area (Å²) in [5.41, 5.74) is 1.10. The molecular formula is C18H25N3OS. The molecule has 5 heteroatoms.